The van der Waals surface area contributed by atoms with Crippen LogP contribution in [0, 0.1) is 0 Å². The number of hydrogen-bond donors (Lipinski definition) is 0. The summed E-state index contributed by atoms with van der Waals surface area (Å²) in [7, 11) is 2.04. The Balaban J connectivity index is 1.61. The van der Waals surface area contributed by atoms with E-state index in [4.69, 9.17) is 0 Å². The zero-order valence-electron chi connectivity index (χ0n) is 19.8. The summed E-state index contributed by atoms with van der Waals surface area (Å²) >= 11 is 0. The fourth-order valence-electron chi connectivity index (χ4n) is 7.52. The van der Waals surface area contributed by atoms with E-state index in [1.807, 2.05) is 31.3 Å². The number of anilines is 1. The van der Waals surface area contributed by atoms with E-state index in [-0.39, 0.29) is 5.41 Å². The van der Waals surface area contributed by atoms with E-state index in [2.05, 4.69) is 22.8 Å². The van der Waals surface area contributed by atoms with Gasteiger partial charge in [0, 0.05) is 28.8 Å². The molecule has 0 aromatic heterocycles. The largest absolute Gasteiger partial charge is 0.489 e. The molecule has 0 radical (unpaired) electrons. The molecule has 2 heterocycles. The number of para-hydroxylation sites is 2. The van der Waals surface area contributed by atoms with Crippen LogP contribution >= 0.6 is 0 Å². The van der Waals surface area contributed by atoms with E-state index >= 15 is 0 Å². The summed E-state index contributed by atoms with van der Waals surface area (Å²) in [6.45, 7) is 0. The fourth-order valence-corrected chi connectivity index (χ4v) is 7.52. The molecular formula is C29H32F3N2+. The third kappa shape index (κ3) is 2.98. The normalized spacial score (nSPS) is 24.2. The van der Waals surface area contributed by atoms with Crippen LogP contribution in [-0.2, 0) is 10.8 Å². The molecule has 0 N–H and O–H groups in total. The Bertz CT molecular complexity index is 1180. The highest BCUT2D eigenvalue weighted by atomic mass is 19.4. The lowest BCUT2D eigenvalue weighted by molar-refractivity contribution is -0.401. The molecule has 2 spiro atoms. The summed E-state index contributed by atoms with van der Waals surface area (Å²) in [4.78, 5) is 0.716. The van der Waals surface area contributed by atoms with Crippen LogP contribution < -0.4 is 4.90 Å². The van der Waals surface area contributed by atoms with Crippen LogP contribution in [0.2, 0.25) is 0 Å². The molecule has 2 saturated carbocycles. The summed E-state index contributed by atoms with van der Waals surface area (Å²) in [6, 6.07) is 15.7. The predicted molar refractivity (Wildman–Crippen MR) is 130 cm³/mol. The van der Waals surface area contributed by atoms with E-state index in [1.165, 1.54) is 12.0 Å². The van der Waals surface area contributed by atoms with E-state index in [9.17, 15) is 13.2 Å². The van der Waals surface area contributed by atoms with Crippen molar-refractivity contribution in [1.29, 1.82) is 0 Å². The fraction of sp³-hybridized carbons (Fsp3) is 0.483. The van der Waals surface area contributed by atoms with Gasteiger partial charge in [-0.15, -0.1) is 13.2 Å². The first-order valence-electron chi connectivity index (χ1n) is 12.8. The Hall–Kier alpha value is -2.56. The number of allylic oxidation sites excluding steroid dienone is 2. The molecule has 2 aromatic rings. The summed E-state index contributed by atoms with van der Waals surface area (Å²) in [5, 5.41) is 0. The van der Waals surface area contributed by atoms with Gasteiger partial charge >= 0.3 is 6.30 Å². The van der Waals surface area contributed by atoms with E-state index in [0.717, 1.165) is 74.7 Å². The monoisotopic (exact) mass is 465 g/mol. The maximum atomic E-state index is 14.8. The van der Waals surface area contributed by atoms with Gasteiger partial charge in [-0.25, -0.2) is 0 Å². The Morgan fingerprint density at radius 1 is 0.765 bits per heavy atom. The number of alkyl halides is 3. The molecule has 6 rings (SSSR count). The molecule has 2 aromatic carbocycles. The minimum atomic E-state index is -4.47. The van der Waals surface area contributed by atoms with E-state index in [0.29, 0.717) is 16.3 Å². The van der Waals surface area contributed by atoms with Crippen molar-refractivity contribution in [3.8, 4) is 0 Å². The number of halogens is 3. The minimum Gasteiger partial charge on any atom is -0.255 e. The van der Waals surface area contributed by atoms with Crippen LogP contribution in [0.3, 0.4) is 0 Å². The van der Waals surface area contributed by atoms with Crippen molar-refractivity contribution in [3.05, 3.63) is 71.4 Å². The highest BCUT2D eigenvalue weighted by molar-refractivity contribution is 6.05. The third-order valence-electron chi connectivity index (χ3n) is 8.97. The first kappa shape index (κ1) is 21.9. The lowest BCUT2D eigenvalue weighted by atomic mass is 9.65. The molecule has 178 valence electrons. The summed E-state index contributed by atoms with van der Waals surface area (Å²) in [5.41, 5.74) is 4.34. The van der Waals surface area contributed by atoms with Crippen molar-refractivity contribution in [2.24, 2.45) is 0 Å². The van der Waals surface area contributed by atoms with Crippen molar-refractivity contribution in [3.63, 3.8) is 0 Å². The maximum Gasteiger partial charge on any atom is 0.489 e. The molecule has 2 fully saturated rings. The highest BCUT2D eigenvalue weighted by Gasteiger charge is 2.57. The van der Waals surface area contributed by atoms with Crippen LogP contribution in [0.4, 0.5) is 24.5 Å². The quantitative estimate of drug-likeness (QED) is 0.308. The van der Waals surface area contributed by atoms with Crippen LogP contribution in [-0.4, -0.2) is 23.6 Å². The van der Waals surface area contributed by atoms with Gasteiger partial charge in [0.1, 0.15) is 7.05 Å². The van der Waals surface area contributed by atoms with Crippen molar-refractivity contribution in [1.82, 2.24) is 0 Å². The standard InChI is InChI=1S/C29H32F3N2/c1-33-23-14-6-4-12-21(23)27(16-8-2-9-17-27)25(33)20-26-28(18-10-3-11-19-28)22-13-5-7-15-24(22)34(26)29(30,31)32/h4-7,12-15,20H,2-3,8-11,16-19H2,1H3/q+1. The van der Waals surface area contributed by atoms with Gasteiger partial charge < -0.3 is 0 Å². The Morgan fingerprint density at radius 2 is 1.32 bits per heavy atom. The topological polar surface area (TPSA) is 6.25 Å². The van der Waals surface area contributed by atoms with Gasteiger partial charge in [0.15, 0.2) is 5.71 Å². The third-order valence-corrected chi connectivity index (χ3v) is 8.97. The maximum absolute atomic E-state index is 14.8. The SMILES string of the molecule is C[N+]1=C(C=C2N(C(F)(F)F)c3ccccc3C23CCCCC3)C2(CCCCC2)c2ccccc21. The highest BCUT2D eigenvalue weighted by Crippen LogP contribution is 2.59. The number of nitrogens with zero attached hydrogens (tertiary/aromatic N) is 2. The van der Waals surface area contributed by atoms with Gasteiger partial charge in [-0.2, -0.15) is 4.58 Å². The molecule has 0 unspecified atom stereocenters. The Kier molecular flexibility index (Phi) is 4.98. The average Bonchev–Trinajstić information content (AvgIpc) is 3.23. The molecule has 2 aliphatic carbocycles. The number of benzene rings is 2. The molecule has 0 atom stereocenters. The number of rotatable bonds is 1. The number of hydrogen-bond acceptors (Lipinski definition) is 1. The van der Waals surface area contributed by atoms with Gasteiger partial charge in [0.05, 0.1) is 11.1 Å². The molecule has 0 saturated heterocycles. The minimum absolute atomic E-state index is 0.196. The molecule has 5 heteroatoms. The van der Waals surface area contributed by atoms with Crippen molar-refractivity contribution in [2.45, 2.75) is 81.3 Å². The second-order valence-corrected chi connectivity index (χ2v) is 10.6. The van der Waals surface area contributed by atoms with Gasteiger partial charge in [-0.3, -0.25) is 4.90 Å². The summed E-state index contributed by atoms with van der Waals surface area (Å²) in [6.07, 6.45) is 7.51. The Morgan fingerprint density at radius 3 is 1.97 bits per heavy atom. The molecular weight excluding hydrogens is 433 g/mol. The van der Waals surface area contributed by atoms with Crippen LogP contribution in [0.25, 0.3) is 0 Å². The van der Waals surface area contributed by atoms with Crippen molar-refractivity contribution < 1.29 is 17.7 Å². The van der Waals surface area contributed by atoms with Crippen LogP contribution in [0.5, 0.6) is 0 Å². The smallest absolute Gasteiger partial charge is 0.255 e. The van der Waals surface area contributed by atoms with Crippen molar-refractivity contribution in [2.75, 3.05) is 11.9 Å². The van der Waals surface area contributed by atoms with Gasteiger partial charge in [-0.1, -0.05) is 74.9 Å². The second-order valence-electron chi connectivity index (χ2n) is 10.6. The Labute approximate surface area is 199 Å². The van der Waals surface area contributed by atoms with Gasteiger partial charge in [0.25, 0.3) is 0 Å². The first-order valence-corrected chi connectivity index (χ1v) is 12.8. The van der Waals surface area contributed by atoms with Crippen molar-refractivity contribution >= 4 is 17.1 Å². The molecule has 0 amide bonds. The number of fused-ring (bicyclic) bond motifs is 4. The van der Waals surface area contributed by atoms with Gasteiger partial charge in [-0.05, 0) is 37.3 Å². The zero-order chi connectivity index (χ0) is 23.6. The van der Waals surface area contributed by atoms with E-state index in [1.54, 1.807) is 12.1 Å². The average molecular weight is 466 g/mol. The first-order chi connectivity index (χ1) is 16.4. The lowest BCUT2D eigenvalue weighted by Gasteiger charge is -2.38. The van der Waals surface area contributed by atoms with Crippen LogP contribution in [0.1, 0.15) is 75.3 Å². The van der Waals surface area contributed by atoms with E-state index < -0.39 is 11.7 Å². The summed E-state index contributed by atoms with van der Waals surface area (Å²) in [5.74, 6) is 0. The van der Waals surface area contributed by atoms with Crippen LogP contribution in [0.15, 0.2) is 60.3 Å². The predicted octanol–water partition coefficient (Wildman–Crippen LogP) is 7.74. The molecule has 0 bridgehead atoms. The molecule has 2 nitrogen and oxygen atoms in total. The zero-order valence-corrected chi connectivity index (χ0v) is 19.8. The molecule has 4 aliphatic rings. The lowest BCUT2D eigenvalue weighted by Crippen LogP contribution is -2.43. The molecule has 34 heavy (non-hydrogen) atoms. The second kappa shape index (κ2) is 7.73. The molecule has 2 aliphatic heterocycles. The van der Waals surface area contributed by atoms with Gasteiger partial charge in [0.2, 0.25) is 5.69 Å². The summed E-state index contributed by atoms with van der Waals surface area (Å²) < 4.78 is 46.5.